The van der Waals surface area contributed by atoms with Crippen molar-refractivity contribution >= 4 is 5.91 Å². The molecular weight excluding hydrogens is 164 g/mol. The van der Waals surface area contributed by atoms with Crippen LogP contribution in [0, 0.1) is 5.41 Å². The Morgan fingerprint density at radius 1 is 1.46 bits per heavy atom. The van der Waals surface area contributed by atoms with E-state index in [9.17, 15) is 4.79 Å². The first kappa shape index (κ1) is 9.00. The largest absolute Gasteiger partial charge is 0.355 e. The standard InChI is InChI=1S/C10H18N2O/c1-10(6-9(13)12-7-10)8-4-2-3-5-11-8/h8,11H,2-7H2,1H3,(H,12,13)/t8-,10-/m1/s1. The van der Waals surface area contributed by atoms with Crippen molar-refractivity contribution in [3.8, 4) is 0 Å². The highest BCUT2D eigenvalue weighted by molar-refractivity contribution is 5.79. The van der Waals surface area contributed by atoms with Gasteiger partial charge in [0, 0.05) is 24.4 Å². The minimum Gasteiger partial charge on any atom is -0.355 e. The predicted molar refractivity (Wildman–Crippen MR) is 51.4 cm³/mol. The van der Waals surface area contributed by atoms with Crippen molar-refractivity contribution in [1.82, 2.24) is 10.6 Å². The second-order valence-electron chi connectivity index (χ2n) is 4.61. The Kier molecular flexibility index (Phi) is 2.28. The number of hydrogen-bond donors (Lipinski definition) is 2. The van der Waals surface area contributed by atoms with Crippen molar-refractivity contribution in [3.63, 3.8) is 0 Å². The van der Waals surface area contributed by atoms with Gasteiger partial charge in [-0.05, 0) is 19.4 Å². The molecule has 0 radical (unpaired) electrons. The van der Waals surface area contributed by atoms with Gasteiger partial charge in [0.2, 0.25) is 5.91 Å². The monoisotopic (exact) mass is 182 g/mol. The van der Waals surface area contributed by atoms with Gasteiger partial charge in [0.25, 0.3) is 0 Å². The Bertz CT molecular complexity index is 211. The van der Waals surface area contributed by atoms with Crippen molar-refractivity contribution in [1.29, 1.82) is 0 Å². The van der Waals surface area contributed by atoms with E-state index < -0.39 is 0 Å². The van der Waals surface area contributed by atoms with Crippen LogP contribution in [0.1, 0.15) is 32.6 Å². The second kappa shape index (κ2) is 3.29. The number of carbonyl (C=O) groups excluding carboxylic acids is 1. The first-order chi connectivity index (χ1) is 6.21. The molecule has 2 fully saturated rings. The van der Waals surface area contributed by atoms with Crippen LogP contribution < -0.4 is 10.6 Å². The Labute approximate surface area is 79.3 Å². The summed E-state index contributed by atoms with van der Waals surface area (Å²) in [7, 11) is 0. The molecule has 2 heterocycles. The molecule has 0 aromatic heterocycles. The molecule has 2 aliphatic rings. The van der Waals surface area contributed by atoms with Crippen LogP contribution in [0.3, 0.4) is 0 Å². The van der Waals surface area contributed by atoms with E-state index in [2.05, 4.69) is 17.6 Å². The molecule has 3 heteroatoms. The molecule has 0 aromatic rings. The van der Waals surface area contributed by atoms with Gasteiger partial charge in [-0.1, -0.05) is 13.3 Å². The van der Waals surface area contributed by atoms with Gasteiger partial charge in [-0.2, -0.15) is 0 Å². The fourth-order valence-corrected chi connectivity index (χ4v) is 2.49. The fraction of sp³-hybridized carbons (Fsp3) is 0.900. The van der Waals surface area contributed by atoms with Gasteiger partial charge in [-0.15, -0.1) is 0 Å². The topological polar surface area (TPSA) is 41.1 Å². The maximum Gasteiger partial charge on any atom is 0.220 e. The number of rotatable bonds is 1. The zero-order valence-electron chi connectivity index (χ0n) is 8.23. The Balaban J connectivity index is 2.01. The molecule has 2 aliphatic heterocycles. The van der Waals surface area contributed by atoms with Crippen LogP contribution in [0.2, 0.25) is 0 Å². The van der Waals surface area contributed by atoms with Crippen LogP contribution in [-0.4, -0.2) is 25.0 Å². The van der Waals surface area contributed by atoms with Crippen LogP contribution in [0.4, 0.5) is 0 Å². The SMILES string of the molecule is C[C@]1([C@H]2CCCCN2)CNC(=O)C1. The highest BCUT2D eigenvalue weighted by atomic mass is 16.1. The van der Waals surface area contributed by atoms with E-state index in [1.54, 1.807) is 0 Å². The zero-order valence-corrected chi connectivity index (χ0v) is 8.23. The molecule has 0 aliphatic carbocycles. The summed E-state index contributed by atoms with van der Waals surface area (Å²) >= 11 is 0. The average Bonchev–Trinajstić information content (AvgIpc) is 2.49. The Morgan fingerprint density at radius 2 is 2.31 bits per heavy atom. The molecule has 0 bridgehead atoms. The second-order valence-corrected chi connectivity index (χ2v) is 4.61. The number of nitrogens with one attached hydrogen (secondary N) is 2. The molecular formula is C10H18N2O. The minimum absolute atomic E-state index is 0.164. The third-order valence-corrected chi connectivity index (χ3v) is 3.41. The Hall–Kier alpha value is -0.570. The molecule has 2 saturated heterocycles. The van der Waals surface area contributed by atoms with Gasteiger partial charge >= 0.3 is 0 Å². The van der Waals surface area contributed by atoms with Crippen LogP contribution in [0.5, 0.6) is 0 Å². The number of hydrogen-bond acceptors (Lipinski definition) is 2. The normalized spacial score (nSPS) is 40.4. The number of piperidine rings is 1. The molecule has 0 spiro atoms. The van der Waals surface area contributed by atoms with E-state index in [0.29, 0.717) is 12.5 Å². The van der Waals surface area contributed by atoms with E-state index in [0.717, 1.165) is 13.1 Å². The summed E-state index contributed by atoms with van der Waals surface area (Å²) in [4.78, 5) is 11.2. The fourth-order valence-electron chi connectivity index (χ4n) is 2.49. The van der Waals surface area contributed by atoms with Gasteiger partial charge in [0.15, 0.2) is 0 Å². The van der Waals surface area contributed by atoms with Gasteiger partial charge in [0.05, 0.1) is 0 Å². The molecule has 0 unspecified atom stereocenters. The third kappa shape index (κ3) is 1.70. The molecule has 0 aromatic carbocycles. The quantitative estimate of drug-likeness (QED) is 0.625. The maximum absolute atomic E-state index is 11.2. The number of carbonyl (C=O) groups is 1. The van der Waals surface area contributed by atoms with Gasteiger partial charge < -0.3 is 10.6 Å². The van der Waals surface area contributed by atoms with Crippen LogP contribution >= 0.6 is 0 Å². The van der Waals surface area contributed by atoms with E-state index in [-0.39, 0.29) is 11.3 Å². The Morgan fingerprint density at radius 3 is 2.85 bits per heavy atom. The molecule has 0 saturated carbocycles. The first-order valence-electron chi connectivity index (χ1n) is 5.21. The van der Waals surface area contributed by atoms with E-state index >= 15 is 0 Å². The zero-order chi connectivity index (χ0) is 9.31. The van der Waals surface area contributed by atoms with Crippen molar-refractivity contribution in [3.05, 3.63) is 0 Å². The summed E-state index contributed by atoms with van der Waals surface area (Å²) in [5, 5.41) is 6.46. The van der Waals surface area contributed by atoms with Crippen molar-refractivity contribution < 1.29 is 4.79 Å². The minimum atomic E-state index is 0.164. The van der Waals surface area contributed by atoms with E-state index in [1.165, 1.54) is 19.3 Å². The van der Waals surface area contributed by atoms with Crippen molar-refractivity contribution in [2.24, 2.45) is 5.41 Å². The molecule has 1 amide bonds. The van der Waals surface area contributed by atoms with Gasteiger partial charge in [0.1, 0.15) is 0 Å². The molecule has 2 atom stereocenters. The van der Waals surface area contributed by atoms with Crippen molar-refractivity contribution in [2.75, 3.05) is 13.1 Å². The molecule has 2 rings (SSSR count). The maximum atomic E-state index is 11.2. The van der Waals surface area contributed by atoms with Gasteiger partial charge in [-0.25, -0.2) is 0 Å². The summed E-state index contributed by atoms with van der Waals surface area (Å²) in [6.07, 6.45) is 4.52. The van der Waals surface area contributed by atoms with Crippen LogP contribution in [0.25, 0.3) is 0 Å². The summed E-state index contributed by atoms with van der Waals surface area (Å²) in [5.41, 5.74) is 0.164. The highest BCUT2D eigenvalue weighted by Crippen LogP contribution is 2.33. The summed E-state index contributed by atoms with van der Waals surface area (Å²) in [6, 6.07) is 0.542. The lowest BCUT2D eigenvalue weighted by Gasteiger charge is -2.36. The van der Waals surface area contributed by atoms with E-state index in [1.807, 2.05) is 0 Å². The molecule has 3 nitrogen and oxygen atoms in total. The third-order valence-electron chi connectivity index (χ3n) is 3.41. The highest BCUT2D eigenvalue weighted by Gasteiger charge is 2.40. The first-order valence-corrected chi connectivity index (χ1v) is 5.21. The van der Waals surface area contributed by atoms with Crippen LogP contribution in [0.15, 0.2) is 0 Å². The smallest absolute Gasteiger partial charge is 0.220 e. The lowest BCUT2D eigenvalue weighted by atomic mass is 9.77. The lowest BCUT2D eigenvalue weighted by Crippen LogP contribution is -2.47. The predicted octanol–water partition coefficient (Wildman–Crippen LogP) is 0.655. The molecule has 2 N–H and O–H groups in total. The van der Waals surface area contributed by atoms with Gasteiger partial charge in [-0.3, -0.25) is 4.79 Å². The summed E-state index contributed by atoms with van der Waals surface area (Å²) < 4.78 is 0. The lowest BCUT2D eigenvalue weighted by molar-refractivity contribution is -0.119. The van der Waals surface area contributed by atoms with Crippen LogP contribution in [-0.2, 0) is 4.79 Å². The van der Waals surface area contributed by atoms with E-state index in [4.69, 9.17) is 0 Å². The average molecular weight is 182 g/mol. The summed E-state index contributed by atoms with van der Waals surface area (Å²) in [5.74, 6) is 0.217. The molecule has 74 valence electrons. The van der Waals surface area contributed by atoms with Crippen molar-refractivity contribution in [2.45, 2.75) is 38.6 Å². The molecule has 13 heavy (non-hydrogen) atoms. The summed E-state index contributed by atoms with van der Waals surface area (Å²) in [6.45, 7) is 4.19. The number of amides is 1.